The van der Waals surface area contributed by atoms with Crippen LogP contribution in [0.3, 0.4) is 0 Å². The van der Waals surface area contributed by atoms with E-state index >= 15 is 0 Å². The summed E-state index contributed by atoms with van der Waals surface area (Å²) in [5.74, 6) is -1.03. The molecule has 0 aromatic heterocycles. The first-order chi connectivity index (χ1) is 16.8. The van der Waals surface area contributed by atoms with E-state index in [-0.39, 0.29) is 5.25 Å². The molecule has 0 bridgehead atoms. The molecule has 0 spiro atoms. The number of fused-ring (bicyclic) bond motifs is 1. The topological polar surface area (TPSA) is 83.9 Å². The summed E-state index contributed by atoms with van der Waals surface area (Å²) in [6.07, 6.45) is 2.85. The SMILES string of the molecule is Cc1ccc(-c2c(C)c3c(c(C)c2C(OC(C)(C)C)C(=O)O)CCN(S(=O)(=O)C2CCCC2)C3)cc1. The van der Waals surface area contributed by atoms with E-state index in [2.05, 4.69) is 0 Å². The molecule has 1 fully saturated rings. The fourth-order valence-corrected chi connectivity index (χ4v) is 7.83. The number of benzene rings is 2. The number of carboxylic acid groups (broad SMARTS) is 1. The molecular formula is C29H39NO5S. The molecule has 7 heteroatoms. The largest absolute Gasteiger partial charge is 0.479 e. The van der Waals surface area contributed by atoms with E-state index in [0.717, 1.165) is 64.6 Å². The second-order valence-electron chi connectivity index (χ2n) is 11.3. The molecule has 2 aromatic rings. The van der Waals surface area contributed by atoms with Gasteiger partial charge >= 0.3 is 5.97 Å². The van der Waals surface area contributed by atoms with Gasteiger partial charge in [-0.05, 0) is 94.2 Å². The van der Waals surface area contributed by atoms with Crippen molar-refractivity contribution in [2.45, 2.75) is 97.1 Å². The number of carboxylic acids is 1. The Morgan fingerprint density at radius 3 is 2.19 bits per heavy atom. The van der Waals surface area contributed by atoms with Crippen molar-refractivity contribution in [3.05, 3.63) is 57.6 Å². The summed E-state index contributed by atoms with van der Waals surface area (Å²) in [5.41, 5.74) is 6.76. The molecule has 1 saturated carbocycles. The fourth-order valence-electron chi connectivity index (χ4n) is 5.82. The zero-order valence-electron chi connectivity index (χ0n) is 22.3. The quantitative estimate of drug-likeness (QED) is 0.524. The minimum absolute atomic E-state index is 0.284. The van der Waals surface area contributed by atoms with Gasteiger partial charge in [0.05, 0.1) is 10.9 Å². The third-order valence-corrected chi connectivity index (χ3v) is 9.99. The molecule has 196 valence electrons. The van der Waals surface area contributed by atoms with Crippen molar-refractivity contribution in [1.29, 1.82) is 0 Å². The first-order valence-electron chi connectivity index (χ1n) is 12.9. The van der Waals surface area contributed by atoms with Crippen LogP contribution in [0, 0.1) is 20.8 Å². The maximum atomic E-state index is 13.4. The molecule has 0 saturated heterocycles. The zero-order valence-corrected chi connectivity index (χ0v) is 23.2. The van der Waals surface area contributed by atoms with Crippen molar-refractivity contribution in [3.63, 3.8) is 0 Å². The molecular weight excluding hydrogens is 474 g/mol. The van der Waals surface area contributed by atoms with E-state index in [1.165, 1.54) is 0 Å². The maximum Gasteiger partial charge on any atom is 0.337 e. The average Bonchev–Trinajstić information content (AvgIpc) is 3.36. The van der Waals surface area contributed by atoms with Gasteiger partial charge in [0.25, 0.3) is 0 Å². The lowest BCUT2D eigenvalue weighted by Gasteiger charge is -2.36. The summed E-state index contributed by atoms with van der Waals surface area (Å²) in [5, 5.41) is 10.00. The number of rotatable bonds is 6. The number of sulfonamides is 1. The van der Waals surface area contributed by atoms with Crippen LogP contribution in [0.5, 0.6) is 0 Å². The van der Waals surface area contributed by atoms with Crippen molar-refractivity contribution in [3.8, 4) is 11.1 Å². The van der Waals surface area contributed by atoms with Gasteiger partial charge in [-0.2, -0.15) is 4.31 Å². The molecule has 0 radical (unpaired) electrons. The van der Waals surface area contributed by atoms with Crippen molar-refractivity contribution >= 4 is 16.0 Å². The highest BCUT2D eigenvalue weighted by Gasteiger charge is 2.39. The molecule has 1 heterocycles. The Labute approximate surface area is 215 Å². The van der Waals surface area contributed by atoms with Crippen LogP contribution >= 0.6 is 0 Å². The van der Waals surface area contributed by atoms with Gasteiger partial charge in [0, 0.05) is 18.7 Å². The van der Waals surface area contributed by atoms with Crippen molar-refractivity contribution < 1.29 is 23.1 Å². The summed E-state index contributed by atoms with van der Waals surface area (Å²) in [4.78, 5) is 12.6. The van der Waals surface area contributed by atoms with Crippen LogP contribution in [0.15, 0.2) is 24.3 Å². The van der Waals surface area contributed by atoms with E-state index in [9.17, 15) is 18.3 Å². The monoisotopic (exact) mass is 513 g/mol. The third kappa shape index (κ3) is 5.11. The van der Waals surface area contributed by atoms with Crippen LogP contribution in [0.25, 0.3) is 11.1 Å². The Hall–Kier alpha value is -2.22. The highest BCUT2D eigenvalue weighted by atomic mass is 32.2. The third-order valence-electron chi connectivity index (χ3n) is 7.65. The van der Waals surface area contributed by atoms with Gasteiger partial charge in [-0.15, -0.1) is 0 Å². The Kier molecular flexibility index (Phi) is 7.39. The van der Waals surface area contributed by atoms with Crippen LogP contribution < -0.4 is 0 Å². The van der Waals surface area contributed by atoms with Gasteiger partial charge in [-0.3, -0.25) is 0 Å². The van der Waals surface area contributed by atoms with E-state index < -0.39 is 27.7 Å². The molecule has 1 N–H and O–H groups in total. The number of ether oxygens (including phenoxy) is 1. The van der Waals surface area contributed by atoms with E-state index in [0.29, 0.717) is 25.1 Å². The van der Waals surface area contributed by atoms with Crippen LogP contribution in [0.2, 0.25) is 0 Å². The van der Waals surface area contributed by atoms with Crippen molar-refractivity contribution in [2.24, 2.45) is 0 Å². The molecule has 2 aromatic carbocycles. The molecule has 1 unspecified atom stereocenters. The van der Waals surface area contributed by atoms with Crippen LogP contribution in [-0.4, -0.2) is 41.2 Å². The van der Waals surface area contributed by atoms with Crippen molar-refractivity contribution in [1.82, 2.24) is 4.31 Å². The molecule has 1 aliphatic carbocycles. The molecule has 0 amide bonds. The summed E-state index contributed by atoms with van der Waals surface area (Å²) in [6.45, 7) is 12.3. The Balaban J connectivity index is 1.91. The summed E-state index contributed by atoms with van der Waals surface area (Å²) in [6, 6.07) is 8.06. The normalized spacial score (nSPS) is 18.3. The van der Waals surface area contributed by atoms with Crippen molar-refractivity contribution in [2.75, 3.05) is 6.54 Å². The van der Waals surface area contributed by atoms with Crippen LogP contribution in [-0.2, 0) is 32.5 Å². The van der Waals surface area contributed by atoms with Gasteiger partial charge < -0.3 is 9.84 Å². The molecule has 1 atom stereocenters. The second-order valence-corrected chi connectivity index (χ2v) is 13.6. The smallest absolute Gasteiger partial charge is 0.337 e. The predicted molar refractivity (Wildman–Crippen MR) is 143 cm³/mol. The first kappa shape index (κ1) is 26.8. The van der Waals surface area contributed by atoms with Gasteiger partial charge in [0.2, 0.25) is 10.0 Å². The lowest BCUT2D eigenvalue weighted by atomic mass is 9.80. The number of nitrogens with zero attached hydrogens (tertiary/aromatic N) is 1. The van der Waals surface area contributed by atoms with Gasteiger partial charge in [0.1, 0.15) is 0 Å². The van der Waals surface area contributed by atoms with Crippen LogP contribution in [0.1, 0.15) is 85.9 Å². The highest BCUT2D eigenvalue weighted by molar-refractivity contribution is 7.89. The fraction of sp³-hybridized carbons (Fsp3) is 0.552. The van der Waals surface area contributed by atoms with Gasteiger partial charge in [0.15, 0.2) is 6.10 Å². The summed E-state index contributed by atoms with van der Waals surface area (Å²) >= 11 is 0. The number of hydrogen-bond acceptors (Lipinski definition) is 4. The Bertz CT molecular complexity index is 1250. The number of hydrogen-bond donors (Lipinski definition) is 1. The van der Waals surface area contributed by atoms with Gasteiger partial charge in [-0.25, -0.2) is 13.2 Å². The first-order valence-corrected chi connectivity index (χ1v) is 14.4. The lowest BCUT2D eigenvalue weighted by molar-refractivity contribution is -0.160. The molecule has 2 aliphatic rings. The molecule has 1 aliphatic heterocycles. The lowest BCUT2D eigenvalue weighted by Crippen LogP contribution is -2.41. The highest BCUT2D eigenvalue weighted by Crippen LogP contribution is 2.43. The van der Waals surface area contributed by atoms with Crippen LogP contribution in [0.4, 0.5) is 0 Å². The van der Waals surface area contributed by atoms with E-state index in [4.69, 9.17) is 4.74 Å². The molecule has 4 rings (SSSR count). The number of aliphatic carboxylic acids is 1. The minimum Gasteiger partial charge on any atom is -0.479 e. The maximum absolute atomic E-state index is 13.4. The average molecular weight is 514 g/mol. The second kappa shape index (κ2) is 9.92. The number of aryl methyl sites for hydroxylation is 1. The molecule has 6 nitrogen and oxygen atoms in total. The predicted octanol–water partition coefficient (Wildman–Crippen LogP) is 5.85. The number of carbonyl (C=O) groups is 1. The Morgan fingerprint density at radius 2 is 1.64 bits per heavy atom. The minimum atomic E-state index is -3.37. The van der Waals surface area contributed by atoms with E-state index in [1.807, 2.05) is 65.8 Å². The van der Waals surface area contributed by atoms with Gasteiger partial charge in [-0.1, -0.05) is 42.7 Å². The zero-order chi connectivity index (χ0) is 26.4. The standard InChI is InChI=1S/C29H39NO5S/c1-18-11-13-21(14-12-18)25-20(3)24-17-30(36(33,34)22-9-7-8-10-22)16-15-23(24)19(2)26(25)27(28(31)32)35-29(4,5)6/h11-14,22,27H,7-10,15-17H2,1-6H3,(H,31,32). The Morgan fingerprint density at radius 1 is 1.03 bits per heavy atom. The molecule has 36 heavy (non-hydrogen) atoms. The van der Waals surface area contributed by atoms with E-state index in [1.54, 1.807) is 4.31 Å². The summed E-state index contributed by atoms with van der Waals surface area (Å²) < 4.78 is 34.7. The summed E-state index contributed by atoms with van der Waals surface area (Å²) in [7, 11) is -3.37.